The van der Waals surface area contributed by atoms with E-state index in [1.165, 1.54) is 0 Å². The molecule has 0 spiro atoms. The van der Waals surface area contributed by atoms with Gasteiger partial charge in [-0.3, -0.25) is 4.79 Å². The molecule has 0 bridgehead atoms. The molecule has 1 aliphatic carbocycles. The van der Waals surface area contributed by atoms with E-state index in [-0.39, 0.29) is 12.8 Å². The molecule has 20 heavy (non-hydrogen) atoms. The largest absolute Gasteiger partial charge is 0.480 e. The lowest BCUT2D eigenvalue weighted by Crippen LogP contribution is -2.55. The smallest absolute Gasteiger partial charge is 0.324 e. The summed E-state index contributed by atoms with van der Waals surface area (Å²) >= 11 is 0. The quantitative estimate of drug-likeness (QED) is 0.669. The van der Waals surface area contributed by atoms with Crippen LogP contribution in [0.3, 0.4) is 0 Å². The van der Waals surface area contributed by atoms with E-state index in [0.29, 0.717) is 12.8 Å². The van der Waals surface area contributed by atoms with Crippen molar-refractivity contribution in [1.82, 2.24) is 4.72 Å². The molecule has 7 nitrogen and oxygen atoms in total. The third kappa shape index (κ3) is 5.37. The van der Waals surface area contributed by atoms with Crippen molar-refractivity contribution in [1.29, 1.82) is 0 Å². The summed E-state index contributed by atoms with van der Waals surface area (Å²) in [5.41, 5.74) is -1.49. The van der Waals surface area contributed by atoms with Gasteiger partial charge >= 0.3 is 5.97 Å². The van der Waals surface area contributed by atoms with Crippen LogP contribution in [0, 0.1) is 0 Å². The second-order valence-corrected chi connectivity index (χ2v) is 9.45. The van der Waals surface area contributed by atoms with Gasteiger partial charge in [-0.1, -0.05) is 25.7 Å². The van der Waals surface area contributed by atoms with Gasteiger partial charge in [-0.05, 0) is 12.8 Å². The highest BCUT2D eigenvalue weighted by molar-refractivity contribution is 7.93. The number of hydrogen-bond acceptors (Lipinski definition) is 5. The van der Waals surface area contributed by atoms with Gasteiger partial charge in [0.15, 0.2) is 0 Å². The number of sulfonamides is 1. The van der Waals surface area contributed by atoms with E-state index < -0.39 is 42.9 Å². The first-order valence-electron chi connectivity index (χ1n) is 6.49. The Morgan fingerprint density at radius 2 is 1.55 bits per heavy atom. The minimum Gasteiger partial charge on any atom is -0.480 e. The molecule has 1 fully saturated rings. The number of rotatable bonds is 6. The van der Waals surface area contributed by atoms with Crippen LogP contribution in [0.1, 0.15) is 38.5 Å². The summed E-state index contributed by atoms with van der Waals surface area (Å²) in [6.07, 6.45) is 4.45. The van der Waals surface area contributed by atoms with Crippen LogP contribution in [0.4, 0.5) is 0 Å². The first-order valence-corrected chi connectivity index (χ1v) is 10.2. The Morgan fingerprint density at radius 1 is 1.05 bits per heavy atom. The molecule has 9 heteroatoms. The second-order valence-electron chi connectivity index (χ2n) is 5.35. The van der Waals surface area contributed by atoms with E-state index in [0.717, 1.165) is 19.1 Å². The van der Waals surface area contributed by atoms with E-state index in [1.807, 2.05) is 0 Å². The van der Waals surface area contributed by atoms with Crippen LogP contribution in [0.2, 0.25) is 0 Å². The molecule has 0 heterocycles. The molecule has 0 unspecified atom stereocenters. The number of carboxylic acids is 1. The predicted molar refractivity (Wildman–Crippen MR) is 74.7 cm³/mol. The fraction of sp³-hybridized carbons (Fsp3) is 0.909. The first kappa shape index (κ1) is 17.4. The maximum absolute atomic E-state index is 11.9. The lowest BCUT2D eigenvalue weighted by molar-refractivity contribution is -0.144. The van der Waals surface area contributed by atoms with E-state index >= 15 is 0 Å². The van der Waals surface area contributed by atoms with Crippen molar-refractivity contribution in [3.05, 3.63) is 0 Å². The molecule has 0 amide bonds. The fourth-order valence-electron chi connectivity index (χ4n) is 2.30. The zero-order chi connectivity index (χ0) is 15.4. The Labute approximate surface area is 119 Å². The number of aliphatic carboxylic acids is 1. The molecule has 0 saturated heterocycles. The summed E-state index contributed by atoms with van der Waals surface area (Å²) in [6.45, 7) is 0. The second kappa shape index (κ2) is 6.40. The maximum atomic E-state index is 11.9. The van der Waals surface area contributed by atoms with Gasteiger partial charge in [0.2, 0.25) is 10.0 Å². The Kier molecular flexibility index (Phi) is 5.56. The van der Waals surface area contributed by atoms with Gasteiger partial charge in [0, 0.05) is 6.26 Å². The number of sulfone groups is 1. The average Bonchev–Trinajstić information content (AvgIpc) is 2.52. The number of nitrogens with one attached hydrogen (secondary N) is 1. The van der Waals surface area contributed by atoms with Crippen molar-refractivity contribution in [2.24, 2.45) is 0 Å². The van der Waals surface area contributed by atoms with Crippen LogP contribution in [-0.2, 0) is 24.7 Å². The summed E-state index contributed by atoms with van der Waals surface area (Å²) in [5.74, 6) is -2.32. The normalized spacial score (nSPS) is 20.2. The average molecular weight is 327 g/mol. The molecule has 1 rings (SSSR count). The Morgan fingerprint density at radius 3 is 1.95 bits per heavy atom. The summed E-state index contributed by atoms with van der Waals surface area (Å²) in [7, 11) is -7.36. The van der Waals surface area contributed by atoms with E-state index in [1.54, 1.807) is 0 Å². The van der Waals surface area contributed by atoms with E-state index in [2.05, 4.69) is 4.72 Å². The summed E-state index contributed by atoms with van der Waals surface area (Å²) in [6, 6.07) is 0. The number of carboxylic acid groups (broad SMARTS) is 1. The van der Waals surface area contributed by atoms with Gasteiger partial charge in [0.1, 0.15) is 15.4 Å². The minimum atomic E-state index is -3.94. The molecular formula is C11H21NO6S2. The molecule has 2 N–H and O–H groups in total. The fourth-order valence-corrected chi connectivity index (χ4v) is 5.38. The van der Waals surface area contributed by atoms with Crippen LogP contribution in [0.5, 0.6) is 0 Å². The highest BCUT2D eigenvalue weighted by Gasteiger charge is 2.42. The van der Waals surface area contributed by atoms with E-state index in [4.69, 9.17) is 0 Å². The summed E-state index contributed by atoms with van der Waals surface area (Å²) in [4.78, 5) is 11.5. The van der Waals surface area contributed by atoms with Gasteiger partial charge in [-0.2, -0.15) is 4.72 Å². The standard InChI is InChI=1S/C11H21NO6S2/c1-19(15,16)8-9-20(17,18)12-11(10(13)14)6-4-2-3-5-7-11/h12H,2-9H2,1H3,(H,13,14). The first-order chi connectivity index (χ1) is 9.06. The molecule has 0 aromatic carbocycles. The molecule has 1 saturated carbocycles. The van der Waals surface area contributed by atoms with Crippen LogP contribution in [-0.4, -0.2) is 51.2 Å². The van der Waals surface area contributed by atoms with Crippen molar-refractivity contribution in [2.75, 3.05) is 17.8 Å². The van der Waals surface area contributed by atoms with Crippen molar-refractivity contribution in [3.63, 3.8) is 0 Å². The molecule has 0 atom stereocenters. The van der Waals surface area contributed by atoms with E-state index in [9.17, 15) is 26.7 Å². The van der Waals surface area contributed by atoms with Crippen LogP contribution < -0.4 is 4.72 Å². The third-order valence-corrected chi connectivity index (χ3v) is 6.09. The highest BCUT2D eigenvalue weighted by atomic mass is 32.2. The minimum absolute atomic E-state index is 0.237. The van der Waals surface area contributed by atoms with Gasteiger partial charge in [0.25, 0.3) is 0 Å². The predicted octanol–water partition coefficient (Wildman–Crippen LogP) is 0.128. The van der Waals surface area contributed by atoms with Crippen LogP contribution >= 0.6 is 0 Å². The van der Waals surface area contributed by atoms with Crippen LogP contribution in [0.15, 0.2) is 0 Å². The molecule has 0 aliphatic heterocycles. The Hall–Kier alpha value is -0.670. The molecule has 0 aromatic rings. The van der Waals surface area contributed by atoms with Crippen molar-refractivity contribution in [3.8, 4) is 0 Å². The monoisotopic (exact) mass is 327 g/mol. The van der Waals surface area contributed by atoms with Gasteiger partial charge in [0.05, 0.1) is 11.5 Å². The SMILES string of the molecule is CS(=O)(=O)CCS(=O)(=O)NC1(C(=O)O)CCCCCC1. The summed E-state index contributed by atoms with van der Waals surface area (Å²) in [5, 5.41) is 9.36. The topological polar surface area (TPSA) is 118 Å². The van der Waals surface area contributed by atoms with Crippen LogP contribution in [0.25, 0.3) is 0 Å². The molecular weight excluding hydrogens is 306 g/mol. The zero-order valence-corrected chi connectivity index (χ0v) is 13.1. The lowest BCUT2D eigenvalue weighted by Gasteiger charge is -2.28. The maximum Gasteiger partial charge on any atom is 0.324 e. The van der Waals surface area contributed by atoms with Gasteiger partial charge in [-0.25, -0.2) is 16.8 Å². The van der Waals surface area contributed by atoms with Crippen molar-refractivity contribution >= 4 is 25.8 Å². The molecule has 0 aromatic heterocycles. The summed E-state index contributed by atoms with van der Waals surface area (Å²) < 4.78 is 48.1. The third-order valence-electron chi connectivity index (χ3n) is 3.44. The molecule has 0 radical (unpaired) electrons. The Balaban J connectivity index is 2.86. The number of hydrogen-bond donors (Lipinski definition) is 2. The number of carbonyl (C=O) groups is 1. The molecule has 118 valence electrons. The van der Waals surface area contributed by atoms with Gasteiger partial charge in [-0.15, -0.1) is 0 Å². The lowest BCUT2D eigenvalue weighted by atomic mass is 9.92. The zero-order valence-electron chi connectivity index (χ0n) is 11.5. The van der Waals surface area contributed by atoms with Crippen molar-refractivity contribution in [2.45, 2.75) is 44.1 Å². The van der Waals surface area contributed by atoms with Gasteiger partial charge < -0.3 is 5.11 Å². The highest BCUT2D eigenvalue weighted by Crippen LogP contribution is 2.28. The Bertz CT molecular complexity index is 543. The van der Waals surface area contributed by atoms with Crippen molar-refractivity contribution < 1.29 is 26.7 Å². The molecule has 1 aliphatic rings.